The highest BCUT2D eigenvalue weighted by molar-refractivity contribution is 7.60. The molecule has 1 amide bonds. The van der Waals surface area contributed by atoms with Crippen molar-refractivity contribution in [3.8, 4) is 23.0 Å². The number of nitrogens with zero attached hydrogens (tertiary/aromatic N) is 1. The van der Waals surface area contributed by atoms with Crippen molar-refractivity contribution < 1.29 is 58.9 Å². The molecule has 5 bridgehead atoms. The number of likely N-dealkylation sites (N-methyl/N-ethyl adjacent to an activating group) is 1. The van der Waals surface area contributed by atoms with Crippen LogP contribution in [0.3, 0.4) is 0 Å². The highest BCUT2D eigenvalue weighted by atomic mass is 32.1. The molecule has 0 aromatic heterocycles. The van der Waals surface area contributed by atoms with Crippen LogP contribution in [0.1, 0.15) is 122 Å². The minimum absolute atomic E-state index is 0. The molecular formula is C48H94N2O12S5. The molecule has 2 aromatic rings. The van der Waals surface area contributed by atoms with Crippen molar-refractivity contribution in [2.24, 2.45) is 23.7 Å². The molecule has 0 radical (unpaired) electrons. The second-order valence-corrected chi connectivity index (χ2v) is 15.2. The minimum atomic E-state index is -2.01. The van der Waals surface area contributed by atoms with Gasteiger partial charge in [-0.05, 0) is 40.4 Å². The summed E-state index contributed by atoms with van der Waals surface area (Å²) in [6, 6.07) is 0. The van der Waals surface area contributed by atoms with Gasteiger partial charge in [-0.2, -0.15) is 67.5 Å². The molecule has 3 heterocycles. The van der Waals surface area contributed by atoms with Gasteiger partial charge >= 0.3 is 11.8 Å². The number of hydrogen-bond acceptors (Lipinski definition) is 13. The first-order valence-electron chi connectivity index (χ1n) is 18.4. The summed E-state index contributed by atoms with van der Waals surface area (Å²) < 4.78 is 23.5. The number of benzene rings is 2. The summed E-state index contributed by atoms with van der Waals surface area (Å²) in [5.41, 5.74) is 0.135. The largest absolute Gasteiger partial charge is 0.507 e. The van der Waals surface area contributed by atoms with E-state index in [1.54, 1.807) is 46.8 Å². The van der Waals surface area contributed by atoms with E-state index in [0.29, 0.717) is 6.54 Å². The number of phenolic OH excluding ortho intramolecular Hbond substituents is 3. The lowest BCUT2D eigenvalue weighted by molar-refractivity contribution is -0.160. The Morgan fingerprint density at radius 1 is 0.806 bits per heavy atom. The van der Waals surface area contributed by atoms with E-state index in [2.05, 4.69) is 5.32 Å². The molecule has 2 aromatic carbocycles. The van der Waals surface area contributed by atoms with Crippen molar-refractivity contribution in [3.05, 3.63) is 52.8 Å². The third-order valence-electron chi connectivity index (χ3n) is 10.9. The van der Waals surface area contributed by atoms with Gasteiger partial charge in [0.15, 0.2) is 5.75 Å². The number of esters is 1. The molecule has 0 spiro atoms. The molecule has 398 valence electrons. The summed E-state index contributed by atoms with van der Waals surface area (Å²) in [7, 11) is 5.06. The van der Waals surface area contributed by atoms with E-state index in [9.17, 15) is 39.9 Å². The maximum atomic E-state index is 14.3. The summed E-state index contributed by atoms with van der Waals surface area (Å²) in [5.74, 6) is -7.90. The van der Waals surface area contributed by atoms with Crippen molar-refractivity contribution in [3.63, 3.8) is 0 Å². The molecule has 6 N–H and O–H groups in total. The molecule has 0 aliphatic carbocycles. The first kappa shape index (κ1) is 84.1. The number of aliphatic hydroxyl groups excluding tert-OH is 2. The average molecular weight is 1050 g/mol. The minimum Gasteiger partial charge on any atom is -0.507 e. The number of amides is 1. The Balaban J connectivity index is -0.000000400. The van der Waals surface area contributed by atoms with Crippen molar-refractivity contribution in [2.75, 3.05) is 33.1 Å². The van der Waals surface area contributed by atoms with Gasteiger partial charge < -0.3 is 54.7 Å². The monoisotopic (exact) mass is 1050 g/mol. The Morgan fingerprint density at radius 2 is 1.34 bits per heavy atom. The molecule has 19 heteroatoms. The fourth-order valence-electron chi connectivity index (χ4n) is 7.37. The topological polar surface area (TPSA) is 205 Å². The molecule has 67 heavy (non-hydrogen) atoms. The summed E-state index contributed by atoms with van der Waals surface area (Å²) in [5, 5.41) is 60.2. The van der Waals surface area contributed by atoms with E-state index in [1.165, 1.54) is 46.3 Å². The Labute approximate surface area is 439 Å². The number of Topliss-reactive ketones (excluding diaryl/α,β-unsaturated/α-hetero) is 1. The lowest BCUT2D eigenvalue weighted by atomic mass is 9.78. The van der Waals surface area contributed by atoms with E-state index >= 15 is 0 Å². The number of allylic oxidation sites excluding steroid dienone is 2. The number of rotatable bonds is 5. The number of fused-ring (bicyclic) bond motifs is 14. The van der Waals surface area contributed by atoms with Gasteiger partial charge in [0.25, 0.3) is 11.7 Å². The predicted octanol–water partition coefficient (Wildman–Crippen LogP) is 9.87. The van der Waals surface area contributed by atoms with Gasteiger partial charge in [0.05, 0.1) is 41.2 Å². The van der Waals surface area contributed by atoms with Crippen LogP contribution in [0.25, 0.3) is 10.8 Å². The van der Waals surface area contributed by atoms with Gasteiger partial charge in [-0.1, -0.05) is 97.9 Å². The first-order chi connectivity index (χ1) is 25.7. The fourth-order valence-corrected chi connectivity index (χ4v) is 7.37. The van der Waals surface area contributed by atoms with Crippen molar-refractivity contribution >= 4 is 102 Å². The second kappa shape index (κ2) is 34.4. The maximum Gasteiger partial charge on any atom is 0.312 e. The Bertz CT molecular complexity index is 1930. The maximum absolute atomic E-state index is 14.3. The standard InChI is InChI=1S/C41H56N2O12.7CH4.5H2S/c1-19-13-12-14-20(2)40(51)42-31-26(15-17-43(9)10)35(48)28-29(36(31)49)34(47)24(6)38-30(28)39(50)41(8,55-38)53-18-16-27(52-11)21(3)37(54-25(7)44)23(5)33(46)22(4)32(19)45;;;;;;;;;;;;/h12-14,16,18-19,21-23,27,32-33,37,45-49H,15,17H2,1-11H3,(H,42,51);7*1H4;5*1H2/b13-12+,18-16+,20-14-;;;;;;;;;;;;/t19-,21+,22+,23+,27-,32-,33+,37+,41-;;;;;;;;;;;;/m0............/s1. The molecule has 0 saturated heterocycles. The average Bonchev–Trinajstić information content (AvgIpc) is 3.39. The normalized spacial score (nSPS) is 25.8. The summed E-state index contributed by atoms with van der Waals surface area (Å²) >= 11 is 0. The van der Waals surface area contributed by atoms with Crippen LogP contribution >= 0.6 is 67.5 Å². The molecule has 14 nitrogen and oxygen atoms in total. The third-order valence-corrected chi connectivity index (χ3v) is 10.9. The number of ketones is 1. The SMILES string of the molecule is C.C.C.C.C.C.C.CO[C@H]1/C=C/O[C@@]2(C)Oc3c(C)c(O)c4c(O)c(c(CCN(C)C)c(O)c4c3C2=O)NC(=O)/C(C)=C\C=C\[C@H](C)[C@H](O)[C@@H](C)[C@@H](O)[C@@H](C)[C@H](OC(C)=O)[C@@H]1C.S.S.S.S.S. The molecule has 0 saturated carbocycles. The highest BCUT2D eigenvalue weighted by Gasteiger charge is 2.50. The van der Waals surface area contributed by atoms with E-state index in [0.717, 1.165) is 0 Å². The van der Waals surface area contributed by atoms with Crippen LogP contribution < -0.4 is 10.1 Å². The first-order valence-corrected chi connectivity index (χ1v) is 18.4. The third kappa shape index (κ3) is 17.5. The molecule has 0 unspecified atom stereocenters. The molecule has 9 atom stereocenters. The number of carbonyl (C=O) groups is 3. The van der Waals surface area contributed by atoms with Crippen LogP contribution in [0.5, 0.6) is 23.0 Å². The zero-order valence-corrected chi connectivity index (χ0v) is 41.0. The van der Waals surface area contributed by atoms with E-state index in [1.807, 2.05) is 19.0 Å². The van der Waals surface area contributed by atoms with Gasteiger partial charge in [0, 0.05) is 73.3 Å². The second-order valence-electron chi connectivity index (χ2n) is 15.2. The predicted molar refractivity (Wildman–Crippen MR) is 305 cm³/mol. The number of ether oxygens (including phenoxy) is 4. The van der Waals surface area contributed by atoms with Crippen LogP contribution in [0.15, 0.2) is 36.1 Å². The summed E-state index contributed by atoms with van der Waals surface area (Å²) in [6.07, 6.45) is 3.80. The van der Waals surface area contributed by atoms with E-state index in [4.69, 9.17) is 18.9 Å². The number of anilines is 1. The van der Waals surface area contributed by atoms with Crippen LogP contribution in [-0.2, 0) is 30.2 Å². The van der Waals surface area contributed by atoms with E-state index < -0.39 is 88.8 Å². The van der Waals surface area contributed by atoms with Gasteiger partial charge in [-0.3, -0.25) is 14.4 Å². The molecule has 3 aliphatic rings. The summed E-state index contributed by atoms with van der Waals surface area (Å²) in [6.45, 7) is 13.0. The van der Waals surface area contributed by atoms with Gasteiger partial charge in [-0.25, -0.2) is 0 Å². The smallest absolute Gasteiger partial charge is 0.312 e. The number of nitrogens with one attached hydrogen (secondary N) is 1. The zero-order valence-electron chi connectivity index (χ0n) is 36.0. The fraction of sp³-hybridized carbons (Fsp3) is 0.604. The molecular weight excluding hydrogens is 957 g/mol. The van der Waals surface area contributed by atoms with Crippen molar-refractivity contribution in [1.82, 2.24) is 4.90 Å². The lowest BCUT2D eigenvalue weighted by Crippen LogP contribution is -2.46. The number of aliphatic hydroxyl groups is 2. The van der Waals surface area contributed by atoms with Gasteiger partial charge in [-0.15, -0.1) is 0 Å². The van der Waals surface area contributed by atoms with Crippen molar-refractivity contribution in [1.29, 1.82) is 0 Å². The van der Waals surface area contributed by atoms with Gasteiger partial charge in [0.2, 0.25) is 0 Å². The Morgan fingerprint density at radius 3 is 1.84 bits per heavy atom. The van der Waals surface area contributed by atoms with Crippen LogP contribution in [-0.4, -0.2) is 106 Å². The number of carbonyl (C=O) groups excluding carboxylic acids is 3. The van der Waals surface area contributed by atoms with Crippen molar-refractivity contribution in [2.45, 2.75) is 144 Å². The number of hydrogen-bond donors (Lipinski definition) is 6. The zero-order chi connectivity index (χ0) is 41.3. The Hall–Kier alpha value is -2.88. The molecule has 5 rings (SSSR count). The number of aromatic hydroxyl groups is 3. The Kier molecular flexibility index (Phi) is 43.2. The highest BCUT2D eigenvalue weighted by Crippen LogP contribution is 2.55. The lowest BCUT2D eigenvalue weighted by Gasteiger charge is -2.38. The number of phenols is 3. The molecule has 0 fully saturated rings. The van der Waals surface area contributed by atoms with Crippen LogP contribution in [0.2, 0.25) is 0 Å². The molecule has 3 aliphatic heterocycles. The quantitative estimate of drug-likeness (QED) is 0.0939. The van der Waals surface area contributed by atoms with Crippen LogP contribution in [0.4, 0.5) is 5.69 Å². The summed E-state index contributed by atoms with van der Waals surface area (Å²) in [4.78, 5) is 42.0. The number of methoxy groups -OCH3 is 1. The van der Waals surface area contributed by atoms with Gasteiger partial charge in [0.1, 0.15) is 23.4 Å². The van der Waals surface area contributed by atoms with E-state index in [-0.39, 0.29) is 170 Å². The van der Waals surface area contributed by atoms with Crippen LogP contribution in [0, 0.1) is 30.6 Å².